The van der Waals surface area contributed by atoms with Gasteiger partial charge in [-0.2, -0.15) is 5.26 Å². The highest BCUT2D eigenvalue weighted by Crippen LogP contribution is 2.09. The highest BCUT2D eigenvalue weighted by Gasteiger charge is 2.30. The fourth-order valence-electron chi connectivity index (χ4n) is 1.24. The number of nitrogens with zero attached hydrogens (tertiary/aromatic N) is 2. The highest BCUT2D eigenvalue weighted by molar-refractivity contribution is 5.85. The number of ether oxygens (including phenoxy) is 1. The summed E-state index contributed by atoms with van der Waals surface area (Å²) in [6, 6.07) is 1.84. The van der Waals surface area contributed by atoms with Gasteiger partial charge in [0.1, 0.15) is 12.6 Å². The number of carboxylic acid groups (broad SMARTS) is 1. The molecule has 6 nitrogen and oxygen atoms in total. The Labute approximate surface area is 80.7 Å². The van der Waals surface area contributed by atoms with Gasteiger partial charge in [0.15, 0.2) is 0 Å². The molecule has 14 heavy (non-hydrogen) atoms. The standard InChI is InChI=1S/C8H10N2O4/c9-1-2-10-3-4-14-6(8(10)13)5-7(11)12/h6H,2-5H2,(H,11,12). The quantitative estimate of drug-likeness (QED) is 0.600. The Kier molecular flexibility index (Phi) is 3.42. The van der Waals surface area contributed by atoms with Crippen LogP contribution in [0.3, 0.4) is 0 Å². The van der Waals surface area contributed by atoms with E-state index in [1.807, 2.05) is 6.07 Å². The van der Waals surface area contributed by atoms with Crippen LogP contribution in [0, 0.1) is 11.3 Å². The molecule has 1 aliphatic heterocycles. The summed E-state index contributed by atoms with van der Waals surface area (Å²) in [4.78, 5) is 23.1. The van der Waals surface area contributed by atoms with E-state index in [1.165, 1.54) is 4.90 Å². The number of morpholine rings is 1. The number of aliphatic carboxylic acids is 1. The van der Waals surface area contributed by atoms with Crippen molar-refractivity contribution in [3.8, 4) is 6.07 Å². The number of amides is 1. The Bertz CT molecular complexity index is 284. The summed E-state index contributed by atoms with van der Waals surface area (Å²) in [5, 5.41) is 16.9. The molecular formula is C8H10N2O4. The van der Waals surface area contributed by atoms with Crippen molar-refractivity contribution in [3.63, 3.8) is 0 Å². The second-order valence-electron chi connectivity index (χ2n) is 2.88. The Morgan fingerprint density at radius 3 is 3.07 bits per heavy atom. The number of carbonyl (C=O) groups excluding carboxylic acids is 1. The molecule has 1 unspecified atom stereocenters. The molecule has 1 atom stereocenters. The summed E-state index contributed by atoms with van der Waals surface area (Å²) in [5.74, 6) is -1.50. The molecule has 1 rings (SSSR count). The third kappa shape index (κ3) is 2.44. The molecule has 0 saturated carbocycles. The maximum absolute atomic E-state index is 11.4. The van der Waals surface area contributed by atoms with Crippen LogP contribution in [-0.4, -0.2) is 47.7 Å². The first kappa shape index (κ1) is 10.5. The number of hydrogen-bond acceptors (Lipinski definition) is 4. The van der Waals surface area contributed by atoms with Gasteiger partial charge in [-0.05, 0) is 0 Å². The topological polar surface area (TPSA) is 90.6 Å². The van der Waals surface area contributed by atoms with Gasteiger partial charge in [0.2, 0.25) is 0 Å². The first-order valence-electron chi connectivity index (χ1n) is 4.14. The van der Waals surface area contributed by atoms with Gasteiger partial charge in [-0.3, -0.25) is 9.59 Å². The van der Waals surface area contributed by atoms with E-state index < -0.39 is 18.0 Å². The molecule has 6 heteroatoms. The fraction of sp³-hybridized carbons (Fsp3) is 0.625. The van der Waals surface area contributed by atoms with Crippen molar-refractivity contribution in [3.05, 3.63) is 0 Å². The van der Waals surface area contributed by atoms with Gasteiger partial charge < -0.3 is 14.7 Å². The van der Waals surface area contributed by atoms with Crippen LogP contribution in [0.2, 0.25) is 0 Å². The zero-order valence-corrected chi connectivity index (χ0v) is 7.47. The lowest BCUT2D eigenvalue weighted by molar-refractivity contribution is -0.158. The molecule has 1 amide bonds. The second kappa shape index (κ2) is 4.58. The third-order valence-corrected chi connectivity index (χ3v) is 1.89. The van der Waals surface area contributed by atoms with Crippen LogP contribution in [0.1, 0.15) is 6.42 Å². The van der Waals surface area contributed by atoms with Gasteiger partial charge in [0.25, 0.3) is 5.91 Å². The molecule has 1 aliphatic rings. The molecule has 1 heterocycles. The Hall–Kier alpha value is -1.61. The molecule has 0 aliphatic carbocycles. The first-order chi connectivity index (χ1) is 6.65. The van der Waals surface area contributed by atoms with Crippen LogP contribution in [0.15, 0.2) is 0 Å². The van der Waals surface area contributed by atoms with Crippen LogP contribution in [-0.2, 0) is 14.3 Å². The summed E-state index contributed by atoms with van der Waals surface area (Å²) in [7, 11) is 0. The van der Waals surface area contributed by atoms with Crippen molar-refractivity contribution >= 4 is 11.9 Å². The average Bonchev–Trinajstić information content (AvgIpc) is 2.11. The second-order valence-corrected chi connectivity index (χ2v) is 2.88. The lowest BCUT2D eigenvalue weighted by Gasteiger charge is -2.29. The molecule has 1 fully saturated rings. The minimum atomic E-state index is -1.08. The van der Waals surface area contributed by atoms with Gasteiger partial charge in [0, 0.05) is 6.54 Å². The van der Waals surface area contributed by atoms with E-state index in [9.17, 15) is 9.59 Å². The lowest BCUT2D eigenvalue weighted by atomic mass is 10.2. The van der Waals surface area contributed by atoms with Crippen LogP contribution in [0.5, 0.6) is 0 Å². The molecule has 0 radical (unpaired) electrons. The number of carboxylic acids is 1. The summed E-state index contributed by atoms with van der Waals surface area (Å²) >= 11 is 0. The number of hydrogen-bond donors (Lipinski definition) is 1. The van der Waals surface area contributed by atoms with Crippen LogP contribution < -0.4 is 0 Å². The monoisotopic (exact) mass is 198 g/mol. The Morgan fingerprint density at radius 1 is 1.79 bits per heavy atom. The van der Waals surface area contributed by atoms with Crippen molar-refractivity contribution in [1.82, 2.24) is 4.90 Å². The lowest BCUT2D eigenvalue weighted by Crippen LogP contribution is -2.48. The highest BCUT2D eigenvalue weighted by atomic mass is 16.5. The van der Waals surface area contributed by atoms with Crippen LogP contribution >= 0.6 is 0 Å². The molecule has 0 aromatic carbocycles. The zero-order chi connectivity index (χ0) is 10.6. The van der Waals surface area contributed by atoms with Gasteiger partial charge >= 0.3 is 5.97 Å². The van der Waals surface area contributed by atoms with E-state index >= 15 is 0 Å². The Balaban J connectivity index is 2.57. The summed E-state index contributed by atoms with van der Waals surface area (Å²) in [6.45, 7) is 0.617. The van der Waals surface area contributed by atoms with Crippen LogP contribution in [0.25, 0.3) is 0 Å². The van der Waals surface area contributed by atoms with Crippen LogP contribution in [0.4, 0.5) is 0 Å². The Morgan fingerprint density at radius 2 is 2.50 bits per heavy atom. The predicted octanol–water partition coefficient (Wildman–Crippen LogP) is -0.788. The molecule has 1 saturated heterocycles. The van der Waals surface area contributed by atoms with Crippen molar-refractivity contribution < 1.29 is 19.4 Å². The minimum absolute atomic E-state index is 0.0156. The van der Waals surface area contributed by atoms with Crippen molar-refractivity contribution in [2.75, 3.05) is 19.7 Å². The van der Waals surface area contributed by atoms with E-state index in [-0.39, 0.29) is 19.6 Å². The smallest absolute Gasteiger partial charge is 0.306 e. The molecule has 76 valence electrons. The maximum atomic E-state index is 11.4. The third-order valence-electron chi connectivity index (χ3n) is 1.89. The van der Waals surface area contributed by atoms with Crippen molar-refractivity contribution in [2.24, 2.45) is 0 Å². The fourth-order valence-corrected chi connectivity index (χ4v) is 1.24. The molecule has 0 aromatic heterocycles. The van der Waals surface area contributed by atoms with E-state index in [4.69, 9.17) is 15.1 Å². The van der Waals surface area contributed by atoms with E-state index in [0.29, 0.717) is 6.54 Å². The number of rotatable bonds is 3. The molecule has 0 aromatic rings. The molecule has 0 bridgehead atoms. The SMILES string of the molecule is N#CCN1CCOC(CC(=O)O)C1=O. The van der Waals surface area contributed by atoms with Gasteiger partial charge in [-0.25, -0.2) is 0 Å². The molecular weight excluding hydrogens is 188 g/mol. The predicted molar refractivity (Wildman–Crippen MR) is 44.2 cm³/mol. The summed E-state index contributed by atoms with van der Waals surface area (Å²) < 4.78 is 5.00. The minimum Gasteiger partial charge on any atom is -0.481 e. The van der Waals surface area contributed by atoms with Gasteiger partial charge in [-0.15, -0.1) is 0 Å². The zero-order valence-electron chi connectivity index (χ0n) is 7.47. The van der Waals surface area contributed by atoms with Gasteiger partial charge in [0.05, 0.1) is 19.1 Å². The number of carbonyl (C=O) groups is 2. The largest absolute Gasteiger partial charge is 0.481 e. The first-order valence-corrected chi connectivity index (χ1v) is 4.14. The van der Waals surface area contributed by atoms with E-state index in [0.717, 1.165) is 0 Å². The van der Waals surface area contributed by atoms with Crippen molar-refractivity contribution in [2.45, 2.75) is 12.5 Å². The summed E-state index contributed by atoms with van der Waals surface area (Å²) in [5.41, 5.74) is 0. The van der Waals surface area contributed by atoms with E-state index in [2.05, 4.69) is 0 Å². The maximum Gasteiger partial charge on any atom is 0.306 e. The summed E-state index contributed by atoms with van der Waals surface area (Å²) in [6.07, 6.45) is -1.28. The average molecular weight is 198 g/mol. The molecule has 0 spiro atoms. The van der Waals surface area contributed by atoms with Crippen molar-refractivity contribution in [1.29, 1.82) is 5.26 Å². The van der Waals surface area contributed by atoms with E-state index in [1.54, 1.807) is 0 Å². The molecule has 1 N–H and O–H groups in total. The van der Waals surface area contributed by atoms with Gasteiger partial charge in [-0.1, -0.05) is 0 Å². The normalized spacial score (nSPS) is 21.8. The number of nitriles is 1.